The van der Waals surface area contributed by atoms with E-state index in [2.05, 4.69) is 29.4 Å². The van der Waals surface area contributed by atoms with Crippen molar-refractivity contribution in [3.8, 4) is 11.3 Å². The van der Waals surface area contributed by atoms with Gasteiger partial charge in [0.25, 0.3) is 11.8 Å². The standard InChI is InChI=1S/C29H19ClN2O3/c30-17-11-9-16(10-12-17)23-14-13-18(35-23)15-31-32-28(33)26-24-19-5-1-2-6-20(19)25(27(26)29(32)34)22-8-4-3-7-21(22)24/h1-15,24-27H. The molecule has 0 radical (unpaired) electrons. The summed E-state index contributed by atoms with van der Waals surface area (Å²) in [4.78, 5) is 27.2. The topological polar surface area (TPSA) is 62.9 Å². The van der Waals surface area contributed by atoms with Crippen LogP contribution < -0.4 is 0 Å². The molecule has 35 heavy (non-hydrogen) atoms. The molecule has 0 spiro atoms. The quantitative estimate of drug-likeness (QED) is 0.275. The summed E-state index contributed by atoms with van der Waals surface area (Å²) in [6.07, 6.45) is 1.44. The normalized spacial score (nSPS) is 24.1. The Morgan fingerprint density at radius 3 is 1.74 bits per heavy atom. The Balaban J connectivity index is 1.23. The molecule has 1 fully saturated rings. The Morgan fingerprint density at radius 1 is 0.714 bits per heavy atom. The Bertz CT molecular complexity index is 1420. The van der Waals surface area contributed by atoms with Crippen molar-refractivity contribution in [3.63, 3.8) is 0 Å². The molecule has 0 saturated carbocycles. The summed E-state index contributed by atoms with van der Waals surface area (Å²) < 4.78 is 5.87. The lowest BCUT2D eigenvalue weighted by atomic mass is 9.55. The molecule has 2 unspecified atom stereocenters. The Kier molecular flexibility index (Phi) is 4.39. The highest BCUT2D eigenvalue weighted by molar-refractivity contribution is 6.30. The minimum Gasteiger partial charge on any atom is -0.455 e. The van der Waals surface area contributed by atoms with Crippen LogP contribution in [0.2, 0.25) is 5.02 Å². The minimum absolute atomic E-state index is 0.144. The highest BCUT2D eigenvalue weighted by atomic mass is 35.5. The van der Waals surface area contributed by atoms with E-state index < -0.39 is 11.8 Å². The monoisotopic (exact) mass is 478 g/mol. The summed E-state index contributed by atoms with van der Waals surface area (Å²) >= 11 is 5.97. The van der Waals surface area contributed by atoms with E-state index >= 15 is 0 Å². The van der Waals surface area contributed by atoms with Gasteiger partial charge in [0.2, 0.25) is 0 Å². The summed E-state index contributed by atoms with van der Waals surface area (Å²) in [7, 11) is 0. The fraction of sp³-hybridized carbons (Fsp3) is 0.138. The predicted molar refractivity (Wildman–Crippen MR) is 132 cm³/mol. The van der Waals surface area contributed by atoms with Crippen LogP contribution in [0.4, 0.5) is 0 Å². The minimum atomic E-state index is -0.448. The first kappa shape index (κ1) is 20.4. The molecule has 1 aliphatic heterocycles. The van der Waals surface area contributed by atoms with Crippen LogP contribution in [0.3, 0.4) is 0 Å². The second-order valence-electron chi connectivity index (χ2n) is 9.21. The van der Waals surface area contributed by atoms with Crippen LogP contribution in [0.5, 0.6) is 0 Å². The van der Waals surface area contributed by atoms with Gasteiger partial charge in [-0.15, -0.1) is 0 Å². The number of imide groups is 1. The van der Waals surface area contributed by atoms with Gasteiger partial charge in [-0.3, -0.25) is 9.59 Å². The van der Waals surface area contributed by atoms with Crippen LogP contribution in [-0.4, -0.2) is 23.0 Å². The van der Waals surface area contributed by atoms with Gasteiger partial charge in [-0.1, -0.05) is 60.1 Å². The van der Waals surface area contributed by atoms with E-state index in [-0.39, 0.29) is 23.7 Å². The number of carbonyl (C=O) groups is 2. The third kappa shape index (κ3) is 2.91. The van der Waals surface area contributed by atoms with Crippen molar-refractivity contribution in [2.75, 3.05) is 0 Å². The second kappa shape index (κ2) is 7.52. The van der Waals surface area contributed by atoms with Crippen molar-refractivity contribution < 1.29 is 14.0 Å². The van der Waals surface area contributed by atoms with E-state index in [1.165, 1.54) is 6.21 Å². The fourth-order valence-corrected chi connectivity index (χ4v) is 6.21. The Labute approximate surface area is 206 Å². The smallest absolute Gasteiger partial charge is 0.254 e. The first-order valence-electron chi connectivity index (χ1n) is 11.6. The van der Waals surface area contributed by atoms with Crippen LogP contribution in [0.1, 0.15) is 39.8 Å². The zero-order valence-electron chi connectivity index (χ0n) is 18.5. The number of furan rings is 1. The van der Waals surface area contributed by atoms with Gasteiger partial charge in [-0.05, 0) is 58.7 Å². The highest BCUT2D eigenvalue weighted by Crippen LogP contribution is 2.60. The zero-order valence-corrected chi connectivity index (χ0v) is 19.2. The molecule has 0 N–H and O–H groups in total. The second-order valence-corrected chi connectivity index (χ2v) is 9.64. The average Bonchev–Trinajstić information content (AvgIpc) is 3.46. The van der Waals surface area contributed by atoms with E-state index in [0.29, 0.717) is 16.5 Å². The average molecular weight is 479 g/mol. The number of amides is 2. The van der Waals surface area contributed by atoms with Crippen LogP contribution in [0.15, 0.2) is 94.4 Å². The molecule has 2 atom stereocenters. The van der Waals surface area contributed by atoms with Gasteiger partial charge in [0.1, 0.15) is 11.5 Å². The predicted octanol–water partition coefficient (Wildman–Crippen LogP) is 5.83. The summed E-state index contributed by atoms with van der Waals surface area (Å²) in [6, 6.07) is 27.3. The summed E-state index contributed by atoms with van der Waals surface area (Å²) in [5.74, 6) is -0.575. The van der Waals surface area contributed by atoms with Crippen molar-refractivity contribution in [2.24, 2.45) is 16.9 Å². The molecular formula is C29H19ClN2O3. The number of rotatable bonds is 3. The highest BCUT2D eigenvalue weighted by Gasteiger charge is 2.61. The molecule has 3 aliphatic carbocycles. The maximum absolute atomic E-state index is 13.6. The van der Waals surface area contributed by atoms with Crippen molar-refractivity contribution >= 4 is 29.6 Å². The molecule has 6 heteroatoms. The maximum atomic E-state index is 13.6. The van der Waals surface area contributed by atoms with Crippen molar-refractivity contribution in [1.82, 2.24) is 5.01 Å². The van der Waals surface area contributed by atoms with E-state index in [9.17, 15) is 9.59 Å². The number of hydrogen-bond donors (Lipinski definition) is 0. The molecule has 1 aromatic heterocycles. The Hall–Kier alpha value is -3.96. The number of halogens is 1. The van der Waals surface area contributed by atoms with Crippen molar-refractivity contribution in [2.45, 2.75) is 11.8 Å². The molecular weight excluding hydrogens is 460 g/mol. The van der Waals surface area contributed by atoms with Gasteiger partial charge >= 0.3 is 0 Å². The van der Waals surface area contributed by atoms with E-state index in [0.717, 1.165) is 32.8 Å². The number of hydrazone groups is 1. The molecule has 2 heterocycles. The summed E-state index contributed by atoms with van der Waals surface area (Å²) in [5.41, 5.74) is 5.44. The largest absolute Gasteiger partial charge is 0.455 e. The van der Waals surface area contributed by atoms with Crippen LogP contribution >= 0.6 is 11.6 Å². The molecule has 5 nitrogen and oxygen atoms in total. The SMILES string of the molecule is O=C1C2C3c4ccccc4C(c4ccccc43)C2C(=O)N1N=Cc1ccc(-c2ccc(Cl)cc2)o1. The summed E-state index contributed by atoms with van der Waals surface area (Å²) in [6.45, 7) is 0. The first-order chi connectivity index (χ1) is 17.1. The van der Waals surface area contributed by atoms with Gasteiger partial charge in [0.15, 0.2) is 0 Å². The van der Waals surface area contributed by atoms with E-state index in [1.54, 1.807) is 18.2 Å². The lowest BCUT2D eigenvalue weighted by Gasteiger charge is -2.45. The lowest BCUT2D eigenvalue weighted by Crippen LogP contribution is -2.41. The number of nitrogens with zero attached hydrogens (tertiary/aromatic N) is 2. The van der Waals surface area contributed by atoms with Crippen LogP contribution in [0, 0.1) is 11.8 Å². The van der Waals surface area contributed by atoms with Crippen molar-refractivity contribution in [1.29, 1.82) is 0 Å². The van der Waals surface area contributed by atoms with Crippen molar-refractivity contribution in [3.05, 3.63) is 118 Å². The number of carbonyl (C=O) groups excluding carboxylic acids is 2. The van der Waals surface area contributed by atoms with Crippen LogP contribution in [-0.2, 0) is 9.59 Å². The molecule has 4 aliphatic rings. The molecule has 1 saturated heterocycles. The zero-order chi connectivity index (χ0) is 23.7. The fourth-order valence-electron chi connectivity index (χ4n) is 6.08. The molecule has 4 aromatic rings. The van der Waals surface area contributed by atoms with Gasteiger partial charge in [-0.25, -0.2) is 0 Å². The van der Waals surface area contributed by atoms with Crippen LogP contribution in [0.25, 0.3) is 11.3 Å². The number of hydrogen-bond acceptors (Lipinski definition) is 4. The Morgan fingerprint density at radius 2 is 1.23 bits per heavy atom. The molecule has 2 bridgehead atoms. The van der Waals surface area contributed by atoms with E-state index in [1.807, 2.05) is 42.5 Å². The first-order valence-corrected chi connectivity index (χ1v) is 11.9. The lowest BCUT2D eigenvalue weighted by molar-refractivity contribution is -0.139. The van der Waals surface area contributed by atoms with E-state index in [4.69, 9.17) is 16.0 Å². The summed E-state index contributed by atoms with van der Waals surface area (Å²) in [5, 5.41) is 6.02. The molecule has 2 amide bonds. The molecule has 3 aromatic carbocycles. The number of benzene rings is 3. The van der Waals surface area contributed by atoms with Gasteiger partial charge < -0.3 is 4.42 Å². The third-order valence-electron chi connectivity index (χ3n) is 7.48. The van der Waals surface area contributed by atoms with Gasteiger partial charge in [0.05, 0.1) is 18.1 Å². The maximum Gasteiger partial charge on any atom is 0.254 e. The molecule has 8 rings (SSSR count). The van der Waals surface area contributed by atoms with Gasteiger partial charge in [-0.2, -0.15) is 10.1 Å². The third-order valence-corrected chi connectivity index (χ3v) is 7.73. The molecule has 170 valence electrons. The van der Waals surface area contributed by atoms with Gasteiger partial charge in [0, 0.05) is 22.4 Å².